The summed E-state index contributed by atoms with van der Waals surface area (Å²) in [5.74, 6) is 0. The number of hydrogen-bond donors (Lipinski definition) is 0. The minimum Gasteiger partial charge on any atom is -0.139 e. The predicted molar refractivity (Wildman–Crippen MR) is 162 cm³/mol. The average Bonchev–Trinajstić information content (AvgIpc) is 3.52. The fraction of sp³-hybridized carbons (Fsp3) is 0.0811. The molecule has 2 aliphatic carbocycles. The van der Waals surface area contributed by atoms with E-state index in [9.17, 15) is 0 Å². The van der Waals surface area contributed by atoms with Crippen LogP contribution in [0.3, 0.4) is 0 Å². The summed E-state index contributed by atoms with van der Waals surface area (Å²) < 4.78 is 1.41. The lowest BCUT2D eigenvalue weighted by atomic mass is 9.67. The summed E-state index contributed by atoms with van der Waals surface area (Å²) in [5, 5.41) is 1.39. The topological polar surface area (TPSA) is 0 Å². The molecule has 0 saturated carbocycles. The van der Waals surface area contributed by atoms with Crippen LogP contribution in [0.5, 0.6) is 0 Å². The van der Waals surface area contributed by atoms with E-state index < -0.39 is 0 Å². The largest absolute Gasteiger partial charge is 0.139 e. The van der Waals surface area contributed by atoms with Crippen LogP contribution >= 0.6 is 11.3 Å². The summed E-state index contributed by atoms with van der Waals surface area (Å²) in [5.41, 5.74) is 11.7. The number of hydrogen-bond acceptors (Lipinski definition) is 1. The van der Waals surface area contributed by atoms with E-state index in [0.717, 1.165) is 12.8 Å². The van der Waals surface area contributed by atoms with Gasteiger partial charge in [0.15, 0.2) is 0 Å². The van der Waals surface area contributed by atoms with Crippen LogP contribution in [0.25, 0.3) is 38.4 Å². The van der Waals surface area contributed by atoms with Crippen molar-refractivity contribution in [2.75, 3.05) is 0 Å². The Morgan fingerprint density at radius 1 is 0.553 bits per heavy atom. The van der Waals surface area contributed by atoms with E-state index >= 15 is 0 Å². The molecule has 0 nitrogen and oxygen atoms in total. The first kappa shape index (κ1) is 21.8. The van der Waals surface area contributed by atoms with Crippen molar-refractivity contribution in [2.45, 2.75) is 18.3 Å². The molecule has 5 aromatic carbocycles. The fourth-order valence-corrected chi connectivity index (χ4v) is 8.15. The van der Waals surface area contributed by atoms with Gasteiger partial charge in [0.1, 0.15) is 0 Å². The molecule has 1 heterocycles. The zero-order valence-electron chi connectivity index (χ0n) is 21.0. The second-order valence-electron chi connectivity index (χ2n) is 10.3. The van der Waals surface area contributed by atoms with Crippen LogP contribution in [0.1, 0.15) is 39.1 Å². The van der Waals surface area contributed by atoms with Crippen LogP contribution in [-0.2, 0) is 11.8 Å². The fourth-order valence-electron chi connectivity index (χ4n) is 6.81. The van der Waals surface area contributed by atoms with Gasteiger partial charge in [-0.1, -0.05) is 133 Å². The molecule has 0 amide bonds. The molecule has 0 radical (unpaired) electrons. The SMILES string of the molecule is C1=Cc2c(sc3c(-c4ccc(C5(c6ccccc6)c6ccccc6-c6ccccc65)cc4)cccc23)CC1. The summed E-state index contributed by atoms with van der Waals surface area (Å²) in [6.45, 7) is 0. The van der Waals surface area contributed by atoms with E-state index in [2.05, 4.69) is 133 Å². The van der Waals surface area contributed by atoms with Gasteiger partial charge < -0.3 is 0 Å². The zero-order valence-corrected chi connectivity index (χ0v) is 21.8. The third-order valence-corrected chi connectivity index (χ3v) is 9.76. The molecule has 6 aromatic rings. The van der Waals surface area contributed by atoms with Gasteiger partial charge in [0.05, 0.1) is 5.41 Å². The molecule has 1 heteroatoms. The van der Waals surface area contributed by atoms with Crippen LogP contribution in [0.15, 0.2) is 127 Å². The lowest BCUT2D eigenvalue weighted by Crippen LogP contribution is -2.28. The molecule has 0 fully saturated rings. The lowest BCUT2D eigenvalue weighted by molar-refractivity contribution is 0.768. The van der Waals surface area contributed by atoms with Crippen LogP contribution in [0.2, 0.25) is 0 Å². The molecule has 2 aliphatic rings. The summed E-state index contributed by atoms with van der Waals surface area (Å²) >= 11 is 1.98. The number of allylic oxidation sites excluding steroid dienone is 1. The van der Waals surface area contributed by atoms with Gasteiger partial charge >= 0.3 is 0 Å². The molecule has 8 rings (SSSR count). The van der Waals surface area contributed by atoms with Gasteiger partial charge in [-0.3, -0.25) is 0 Å². The van der Waals surface area contributed by atoms with Crippen molar-refractivity contribution >= 4 is 27.5 Å². The number of thiophene rings is 1. The monoisotopic (exact) mass is 502 g/mol. The van der Waals surface area contributed by atoms with Crippen LogP contribution in [0, 0.1) is 0 Å². The Hall–Kier alpha value is -4.20. The van der Waals surface area contributed by atoms with Gasteiger partial charge in [0.2, 0.25) is 0 Å². The van der Waals surface area contributed by atoms with E-state index in [0.29, 0.717) is 0 Å². The van der Waals surface area contributed by atoms with E-state index in [4.69, 9.17) is 0 Å². The highest BCUT2D eigenvalue weighted by molar-refractivity contribution is 7.20. The van der Waals surface area contributed by atoms with Gasteiger partial charge in [0.25, 0.3) is 0 Å². The van der Waals surface area contributed by atoms with Crippen molar-refractivity contribution in [3.8, 4) is 22.3 Å². The first-order chi connectivity index (χ1) is 18.9. The van der Waals surface area contributed by atoms with Crippen molar-refractivity contribution in [1.82, 2.24) is 0 Å². The van der Waals surface area contributed by atoms with Gasteiger partial charge in [-0.2, -0.15) is 0 Å². The molecule has 180 valence electrons. The summed E-state index contributed by atoms with van der Waals surface area (Å²) in [7, 11) is 0. The molecule has 0 saturated heterocycles. The van der Waals surface area contributed by atoms with E-state index in [1.165, 1.54) is 65.0 Å². The third kappa shape index (κ3) is 2.97. The Bertz CT molecular complexity index is 1810. The Morgan fingerprint density at radius 2 is 1.18 bits per heavy atom. The Labute approximate surface area is 227 Å². The Morgan fingerprint density at radius 3 is 1.92 bits per heavy atom. The number of fused-ring (bicyclic) bond motifs is 6. The minimum atomic E-state index is -0.341. The molecule has 0 atom stereocenters. The molecule has 0 spiro atoms. The predicted octanol–water partition coefficient (Wildman–Crippen LogP) is 9.89. The van der Waals surface area contributed by atoms with Crippen molar-refractivity contribution in [3.05, 3.63) is 160 Å². The Balaban J connectivity index is 1.35. The molecular formula is C37H26S. The van der Waals surface area contributed by atoms with E-state index in [-0.39, 0.29) is 5.41 Å². The molecule has 0 N–H and O–H groups in total. The number of benzene rings is 5. The van der Waals surface area contributed by atoms with Gasteiger partial charge in [-0.05, 0) is 62.9 Å². The molecule has 1 aromatic heterocycles. The van der Waals surface area contributed by atoms with E-state index in [1.54, 1.807) is 0 Å². The summed E-state index contributed by atoms with van der Waals surface area (Å²) in [6, 6.07) is 45.1. The van der Waals surface area contributed by atoms with Crippen molar-refractivity contribution in [2.24, 2.45) is 0 Å². The lowest BCUT2D eigenvalue weighted by Gasteiger charge is -2.34. The van der Waals surface area contributed by atoms with Crippen molar-refractivity contribution < 1.29 is 0 Å². The maximum atomic E-state index is 2.37. The number of rotatable bonds is 3. The molecule has 0 unspecified atom stereocenters. The van der Waals surface area contributed by atoms with Gasteiger partial charge in [-0.25, -0.2) is 0 Å². The quantitative estimate of drug-likeness (QED) is 0.225. The summed E-state index contributed by atoms with van der Waals surface area (Å²) in [6.07, 6.45) is 6.94. The molecule has 0 bridgehead atoms. The maximum Gasteiger partial charge on any atom is 0.0713 e. The first-order valence-electron chi connectivity index (χ1n) is 13.4. The number of aryl methyl sites for hydroxylation is 1. The second kappa shape index (κ2) is 8.41. The van der Waals surface area contributed by atoms with Crippen LogP contribution in [0.4, 0.5) is 0 Å². The Kier molecular flexibility index (Phi) is 4.83. The van der Waals surface area contributed by atoms with Crippen molar-refractivity contribution in [3.63, 3.8) is 0 Å². The third-order valence-electron chi connectivity index (χ3n) is 8.44. The molecule has 0 aliphatic heterocycles. The average molecular weight is 503 g/mol. The highest BCUT2D eigenvalue weighted by Gasteiger charge is 2.45. The van der Waals surface area contributed by atoms with Gasteiger partial charge in [-0.15, -0.1) is 11.3 Å². The highest BCUT2D eigenvalue weighted by atomic mass is 32.1. The van der Waals surface area contributed by atoms with Crippen LogP contribution in [-0.4, -0.2) is 0 Å². The summed E-state index contributed by atoms with van der Waals surface area (Å²) in [4.78, 5) is 1.52. The second-order valence-corrected chi connectivity index (χ2v) is 11.5. The maximum absolute atomic E-state index is 2.37. The zero-order chi connectivity index (χ0) is 25.1. The first-order valence-corrected chi connectivity index (χ1v) is 14.2. The van der Waals surface area contributed by atoms with E-state index in [1.807, 2.05) is 11.3 Å². The molecule has 38 heavy (non-hydrogen) atoms. The standard InChI is InChI=1S/C37H26S/c1-2-11-26(12-3-1)37(33-18-7-4-13-29(33)30-14-5-8-19-34(30)37)27-23-21-25(22-24-27)28-16-10-17-32-31-15-6-9-20-35(31)38-36(28)32/h1-8,10-19,21-24H,9,20H2. The smallest absolute Gasteiger partial charge is 0.0713 e. The normalized spacial score (nSPS) is 14.7. The minimum absolute atomic E-state index is 0.341. The highest BCUT2D eigenvalue weighted by Crippen LogP contribution is 2.56. The van der Waals surface area contributed by atoms with Crippen LogP contribution < -0.4 is 0 Å². The molecular weight excluding hydrogens is 476 g/mol. The van der Waals surface area contributed by atoms with Gasteiger partial charge in [0, 0.05) is 15.0 Å². The van der Waals surface area contributed by atoms with Crippen molar-refractivity contribution in [1.29, 1.82) is 0 Å².